The minimum atomic E-state index is -0.528. The van der Waals surface area contributed by atoms with Crippen molar-refractivity contribution >= 4 is 5.97 Å². The van der Waals surface area contributed by atoms with Gasteiger partial charge in [0.1, 0.15) is 23.2 Å². The second kappa shape index (κ2) is 7.53. The molecule has 2 rings (SSSR count). The van der Waals surface area contributed by atoms with Crippen molar-refractivity contribution in [1.29, 1.82) is 0 Å². The van der Waals surface area contributed by atoms with Crippen LogP contribution in [0.3, 0.4) is 0 Å². The molecular formula is C19H26O4. The molecule has 0 amide bonds. The molecule has 4 nitrogen and oxygen atoms in total. The third kappa shape index (κ3) is 4.06. The second-order valence-corrected chi connectivity index (χ2v) is 6.47. The number of allylic oxidation sites excluding steroid dienone is 2. The molecule has 0 aliphatic carbocycles. The number of carbonyl (C=O) groups is 1. The van der Waals surface area contributed by atoms with Crippen LogP contribution in [0, 0.1) is 0 Å². The molecule has 1 heterocycles. The molecule has 0 radical (unpaired) electrons. The van der Waals surface area contributed by atoms with Crippen LogP contribution in [0.5, 0.6) is 11.5 Å². The highest BCUT2D eigenvalue weighted by molar-refractivity contribution is 5.96. The summed E-state index contributed by atoms with van der Waals surface area (Å²) in [4.78, 5) is 12.3. The van der Waals surface area contributed by atoms with Crippen molar-refractivity contribution in [3.63, 3.8) is 0 Å². The molecule has 1 aliphatic heterocycles. The van der Waals surface area contributed by atoms with E-state index in [4.69, 9.17) is 4.74 Å². The van der Waals surface area contributed by atoms with Crippen LogP contribution >= 0.6 is 0 Å². The maximum Gasteiger partial charge on any atom is 0.342 e. The van der Waals surface area contributed by atoms with E-state index in [1.165, 1.54) is 0 Å². The summed E-state index contributed by atoms with van der Waals surface area (Å²) in [7, 11) is 0. The quantitative estimate of drug-likeness (QED) is 0.356. The van der Waals surface area contributed by atoms with Crippen molar-refractivity contribution in [2.75, 3.05) is 0 Å². The average Bonchev–Trinajstić information content (AvgIpc) is 2.49. The van der Waals surface area contributed by atoms with E-state index >= 15 is 0 Å². The van der Waals surface area contributed by atoms with Gasteiger partial charge in [-0.2, -0.15) is 0 Å². The number of benzene rings is 1. The number of cyclic esters (lactones) is 1. The molecule has 1 atom stereocenters. The van der Waals surface area contributed by atoms with Gasteiger partial charge in [-0.05, 0) is 39.2 Å². The molecule has 0 aromatic heterocycles. The number of hydrogen-bond donors (Lipinski definition) is 2. The molecule has 4 heteroatoms. The lowest BCUT2D eigenvalue weighted by Gasteiger charge is -2.26. The number of phenols is 2. The smallest absolute Gasteiger partial charge is 0.342 e. The van der Waals surface area contributed by atoms with Crippen molar-refractivity contribution in [2.45, 2.75) is 65.4 Å². The Hall–Kier alpha value is -1.97. The van der Waals surface area contributed by atoms with Gasteiger partial charge in [-0.3, -0.25) is 0 Å². The van der Waals surface area contributed by atoms with E-state index in [0.29, 0.717) is 24.0 Å². The predicted molar refractivity (Wildman–Crippen MR) is 90.0 cm³/mol. The summed E-state index contributed by atoms with van der Waals surface area (Å²) in [6.45, 7) is 6.05. The van der Waals surface area contributed by atoms with Crippen molar-refractivity contribution in [1.82, 2.24) is 0 Å². The minimum absolute atomic E-state index is 0.0627. The lowest BCUT2D eigenvalue weighted by atomic mass is 9.91. The van der Waals surface area contributed by atoms with E-state index in [1.54, 1.807) is 6.07 Å². The van der Waals surface area contributed by atoms with Crippen LogP contribution in [-0.4, -0.2) is 22.3 Å². The van der Waals surface area contributed by atoms with Gasteiger partial charge in [0.25, 0.3) is 0 Å². The zero-order valence-corrected chi connectivity index (χ0v) is 14.2. The van der Waals surface area contributed by atoms with Gasteiger partial charge in [-0.25, -0.2) is 4.79 Å². The molecule has 126 valence electrons. The minimum Gasteiger partial charge on any atom is -0.508 e. The van der Waals surface area contributed by atoms with E-state index in [0.717, 1.165) is 31.3 Å². The summed E-state index contributed by atoms with van der Waals surface area (Å²) < 4.78 is 5.45. The summed E-state index contributed by atoms with van der Waals surface area (Å²) in [6.07, 6.45) is 6.67. The van der Waals surface area contributed by atoms with Crippen molar-refractivity contribution < 1.29 is 19.7 Å². The number of hydrogen-bond acceptors (Lipinski definition) is 4. The van der Waals surface area contributed by atoms with Gasteiger partial charge < -0.3 is 14.9 Å². The number of unbranched alkanes of at least 4 members (excludes halogenated alkanes) is 2. The number of phenolic OH excluding ortho intramolecular Hbond substituents is 2. The van der Waals surface area contributed by atoms with Crippen LogP contribution in [0.25, 0.3) is 0 Å². The maximum absolute atomic E-state index is 12.3. The number of esters is 1. The summed E-state index contributed by atoms with van der Waals surface area (Å²) in [6, 6.07) is 1.56. The van der Waals surface area contributed by atoms with E-state index in [9.17, 15) is 15.0 Å². The number of aromatic hydroxyl groups is 2. The fourth-order valence-corrected chi connectivity index (χ4v) is 2.91. The second-order valence-electron chi connectivity index (χ2n) is 6.47. The molecule has 0 spiro atoms. The van der Waals surface area contributed by atoms with E-state index < -0.39 is 5.97 Å². The third-order valence-electron chi connectivity index (χ3n) is 4.23. The van der Waals surface area contributed by atoms with Crippen LogP contribution in [-0.2, 0) is 17.6 Å². The summed E-state index contributed by atoms with van der Waals surface area (Å²) >= 11 is 0. The molecular weight excluding hydrogens is 292 g/mol. The SMILES string of the molecule is CCCCC[C@@H]1Cc2c(O)cc(CC=C(C)C)c(O)c2C(=O)O1. The van der Waals surface area contributed by atoms with Crippen molar-refractivity contribution in [3.8, 4) is 11.5 Å². The van der Waals surface area contributed by atoms with Crippen molar-refractivity contribution in [2.24, 2.45) is 0 Å². The van der Waals surface area contributed by atoms with Gasteiger partial charge >= 0.3 is 5.97 Å². The normalized spacial score (nSPS) is 16.7. The maximum atomic E-state index is 12.3. The Kier molecular flexibility index (Phi) is 5.69. The van der Waals surface area contributed by atoms with Crippen LogP contribution in [0.15, 0.2) is 17.7 Å². The van der Waals surface area contributed by atoms with Gasteiger partial charge in [-0.1, -0.05) is 31.4 Å². The number of rotatable bonds is 6. The lowest BCUT2D eigenvalue weighted by Crippen LogP contribution is -2.28. The Morgan fingerprint density at radius 1 is 1.35 bits per heavy atom. The van der Waals surface area contributed by atoms with E-state index in [2.05, 4.69) is 6.92 Å². The standard InChI is InChI=1S/C19H26O4/c1-4-5-6-7-14-11-15-16(20)10-13(9-8-12(2)3)18(21)17(15)19(22)23-14/h8,10,14,20-21H,4-7,9,11H2,1-3H3/t14-/m1/s1. The third-order valence-corrected chi connectivity index (χ3v) is 4.23. The molecule has 0 saturated heterocycles. The Labute approximate surface area is 137 Å². The van der Waals surface area contributed by atoms with Crippen LogP contribution in [0.2, 0.25) is 0 Å². The zero-order valence-electron chi connectivity index (χ0n) is 14.2. The monoisotopic (exact) mass is 318 g/mol. The predicted octanol–water partition coefficient (Wildman–Crippen LogP) is 4.27. The molecule has 23 heavy (non-hydrogen) atoms. The lowest BCUT2D eigenvalue weighted by molar-refractivity contribution is 0.0224. The van der Waals surface area contributed by atoms with E-state index in [-0.39, 0.29) is 23.2 Å². The Morgan fingerprint density at radius 3 is 2.74 bits per heavy atom. The summed E-state index contributed by atoms with van der Waals surface area (Å²) in [5.74, 6) is -0.515. The fourth-order valence-electron chi connectivity index (χ4n) is 2.91. The van der Waals surface area contributed by atoms with Gasteiger partial charge in [-0.15, -0.1) is 0 Å². The van der Waals surface area contributed by atoms with Crippen LogP contribution in [0.4, 0.5) is 0 Å². The molecule has 0 saturated carbocycles. The molecule has 0 unspecified atom stereocenters. The Bertz CT molecular complexity index is 612. The molecule has 0 bridgehead atoms. The Balaban J connectivity index is 2.27. The molecule has 1 aromatic carbocycles. The molecule has 2 N–H and O–H groups in total. The zero-order chi connectivity index (χ0) is 17.0. The number of ether oxygens (including phenoxy) is 1. The molecule has 0 fully saturated rings. The number of carbonyl (C=O) groups excluding carboxylic acids is 1. The first kappa shape index (κ1) is 17.4. The first-order chi connectivity index (χ1) is 10.9. The highest BCUT2D eigenvalue weighted by Crippen LogP contribution is 2.38. The average molecular weight is 318 g/mol. The first-order valence-electron chi connectivity index (χ1n) is 8.35. The van der Waals surface area contributed by atoms with Crippen molar-refractivity contribution in [3.05, 3.63) is 34.4 Å². The van der Waals surface area contributed by atoms with E-state index in [1.807, 2.05) is 19.9 Å². The number of fused-ring (bicyclic) bond motifs is 1. The van der Waals surface area contributed by atoms with Crippen LogP contribution in [0.1, 0.15) is 67.9 Å². The first-order valence-corrected chi connectivity index (χ1v) is 8.35. The topological polar surface area (TPSA) is 66.8 Å². The summed E-state index contributed by atoms with van der Waals surface area (Å²) in [5.41, 5.74) is 2.30. The molecule has 1 aliphatic rings. The van der Waals surface area contributed by atoms with Crippen LogP contribution < -0.4 is 0 Å². The molecule has 1 aromatic rings. The highest BCUT2D eigenvalue weighted by atomic mass is 16.5. The van der Waals surface area contributed by atoms with Gasteiger partial charge in [0.2, 0.25) is 0 Å². The van der Waals surface area contributed by atoms with Gasteiger partial charge in [0, 0.05) is 17.5 Å². The largest absolute Gasteiger partial charge is 0.508 e. The Morgan fingerprint density at radius 2 is 2.09 bits per heavy atom. The highest BCUT2D eigenvalue weighted by Gasteiger charge is 2.32. The van der Waals surface area contributed by atoms with Gasteiger partial charge in [0.15, 0.2) is 0 Å². The fraction of sp³-hybridized carbons (Fsp3) is 0.526. The summed E-state index contributed by atoms with van der Waals surface area (Å²) in [5, 5.41) is 20.7. The van der Waals surface area contributed by atoms with Gasteiger partial charge in [0.05, 0.1) is 0 Å².